The van der Waals surface area contributed by atoms with E-state index in [2.05, 4.69) is 17.4 Å². The van der Waals surface area contributed by atoms with Gasteiger partial charge in [-0.2, -0.15) is 0 Å². The predicted molar refractivity (Wildman–Crippen MR) is 100 cm³/mol. The van der Waals surface area contributed by atoms with Crippen molar-refractivity contribution < 1.29 is 4.79 Å². The van der Waals surface area contributed by atoms with Crippen LogP contribution in [0.3, 0.4) is 0 Å². The predicted octanol–water partition coefficient (Wildman–Crippen LogP) is 3.38. The molecule has 1 amide bonds. The molecule has 0 aliphatic carbocycles. The largest absolute Gasteiger partial charge is 0.399 e. The maximum atomic E-state index is 12.5. The van der Waals surface area contributed by atoms with E-state index >= 15 is 0 Å². The van der Waals surface area contributed by atoms with Crippen LogP contribution in [0.15, 0.2) is 48.5 Å². The number of rotatable bonds is 4. The lowest BCUT2D eigenvalue weighted by atomic mass is 10.0. The molecule has 0 saturated heterocycles. The highest BCUT2D eigenvalue weighted by Crippen LogP contribution is 2.36. The Labute approximate surface area is 147 Å². The number of halogens is 1. The van der Waals surface area contributed by atoms with Crippen molar-refractivity contribution >= 4 is 35.8 Å². The topological polar surface area (TPSA) is 55.1 Å². The molecule has 3 rings (SSSR count). The Morgan fingerprint density at radius 3 is 2.70 bits per heavy atom. The molecule has 0 saturated carbocycles. The second-order valence-corrected chi connectivity index (χ2v) is 6.70. The van der Waals surface area contributed by atoms with Gasteiger partial charge in [0.15, 0.2) is 0 Å². The number of aryl methyl sites for hydroxylation is 1. The highest BCUT2D eigenvalue weighted by molar-refractivity contribution is 8.00. The number of anilines is 1. The number of hydrogen-bond acceptors (Lipinski definition) is 3. The molecule has 3 nitrogen and oxygen atoms in total. The van der Waals surface area contributed by atoms with Crippen molar-refractivity contribution in [3.05, 3.63) is 65.2 Å². The van der Waals surface area contributed by atoms with E-state index in [1.165, 1.54) is 16.7 Å². The van der Waals surface area contributed by atoms with Gasteiger partial charge in [0.05, 0.1) is 0 Å². The highest BCUT2D eigenvalue weighted by Gasteiger charge is 2.26. The first-order chi connectivity index (χ1) is 10.7. The first kappa shape index (κ1) is 17.7. The summed E-state index contributed by atoms with van der Waals surface area (Å²) in [6.07, 6.45) is 1.88. The van der Waals surface area contributed by atoms with E-state index in [4.69, 9.17) is 5.73 Å². The molecule has 0 spiro atoms. The molecular formula is C18H21ClN2OS. The molecular weight excluding hydrogens is 328 g/mol. The highest BCUT2D eigenvalue weighted by atomic mass is 35.5. The van der Waals surface area contributed by atoms with Crippen LogP contribution in [0.4, 0.5) is 5.69 Å². The van der Waals surface area contributed by atoms with Gasteiger partial charge in [0, 0.05) is 12.2 Å². The number of carbonyl (C=O) groups excluding carboxylic acids is 1. The van der Waals surface area contributed by atoms with E-state index in [0.717, 1.165) is 24.3 Å². The Kier molecular flexibility index (Phi) is 6.37. The van der Waals surface area contributed by atoms with Gasteiger partial charge in [0.1, 0.15) is 5.25 Å². The molecule has 0 bridgehead atoms. The summed E-state index contributed by atoms with van der Waals surface area (Å²) in [6, 6.07) is 16.1. The Morgan fingerprint density at radius 2 is 1.91 bits per heavy atom. The number of fused-ring (bicyclic) bond motifs is 1. The van der Waals surface area contributed by atoms with Crippen molar-refractivity contribution in [2.45, 2.75) is 18.1 Å². The summed E-state index contributed by atoms with van der Waals surface area (Å²) in [5.41, 5.74) is 10.1. The van der Waals surface area contributed by atoms with Crippen molar-refractivity contribution in [2.24, 2.45) is 0 Å². The third kappa shape index (κ3) is 4.43. The van der Waals surface area contributed by atoms with Crippen molar-refractivity contribution in [1.29, 1.82) is 0 Å². The first-order valence-corrected chi connectivity index (χ1v) is 8.60. The monoisotopic (exact) mass is 348 g/mol. The van der Waals surface area contributed by atoms with Crippen molar-refractivity contribution in [3.63, 3.8) is 0 Å². The minimum absolute atomic E-state index is 0. The van der Waals surface area contributed by atoms with Gasteiger partial charge in [-0.3, -0.25) is 4.79 Å². The molecule has 1 atom stereocenters. The summed E-state index contributed by atoms with van der Waals surface area (Å²) in [5, 5.41) is 2.99. The van der Waals surface area contributed by atoms with Crippen molar-refractivity contribution in [3.8, 4) is 0 Å². The molecule has 0 fully saturated rings. The first-order valence-electron chi connectivity index (χ1n) is 7.55. The van der Waals surface area contributed by atoms with E-state index in [1.54, 1.807) is 11.8 Å². The van der Waals surface area contributed by atoms with Gasteiger partial charge in [0.2, 0.25) is 5.91 Å². The van der Waals surface area contributed by atoms with Crippen LogP contribution in [0.5, 0.6) is 0 Å². The Bertz CT molecular complexity index is 660. The maximum Gasteiger partial charge on any atom is 0.237 e. The average molecular weight is 349 g/mol. The minimum atomic E-state index is -0.0728. The summed E-state index contributed by atoms with van der Waals surface area (Å²) < 4.78 is 0. The quantitative estimate of drug-likeness (QED) is 0.833. The van der Waals surface area contributed by atoms with E-state index < -0.39 is 0 Å². The molecule has 1 unspecified atom stereocenters. The Balaban J connectivity index is 0.00000192. The van der Waals surface area contributed by atoms with Gasteiger partial charge in [-0.1, -0.05) is 36.4 Å². The number of amides is 1. The van der Waals surface area contributed by atoms with Crippen LogP contribution in [0.1, 0.15) is 21.9 Å². The fourth-order valence-corrected chi connectivity index (χ4v) is 3.94. The number of carbonyl (C=O) groups is 1. The second kappa shape index (κ2) is 8.27. The molecule has 5 heteroatoms. The summed E-state index contributed by atoms with van der Waals surface area (Å²) in [5.74, 6) is 1.13. The lowest BCUT2D eigenvalue weighted by molar-refractivity contribution is -0.120. The van der Waals surface area contributed by atoms with E-state index in [-0.39, 0.29) is 23.6 Å². The summed E-state index contributed by atoms with van der Waals surface area (Å²) >= 11 is 1.73. The zero-order chi connectivity index (χ0) is 15.4. The lowest BCUT2D eigenvalue weighted by Crippen LogP contribution is -2.31. The third-order valence-corrected chi connectivity index (χ3v) is 5.17. The standard InChI is InChI=1S/C18H20N2OS.ClH/c19-15-7-5-13(6-8-15)9-11-20-18(21)17-16-4-2-1-3-14(16)10-12-22-17;/h1-8,17H,9-12,19H2,(H,20,21);1H. The zero-order valence-electron chi connectivity index (χ0n) is 12.8. The summed E-state index contributed by atoms with van der Waals surface area (Å²) in [7, 11) is 0. The normalized spacial score (nSPS) is 16.1. The number of hydrogen-bond donors (Lipinski definition) is 2. The fourth-order valence-electron chi connectivity index (χ4n) is 2.72. The number of nitrogens with one attached hydrogen (secondary N) is 1. The molecule has 0 aromatic heterocycles. The van der Waals surface area contributed by atoms with E-state index in [9.17, 15) is 4.79 Å². The molecule has 2 aromatic rings. The van der Waals surface area contributed by atoms with E-state index in [1.807, 2.05) is 36.4 Å². The molecule has 1 aliphatic rings. The Morgan fingerprint density at radius 1 is 1.17 bits per heavy atom. The van der Waals surface area contributed by atoms with Crippen LogP contribution < -0.4 is 11.1 Å². The summed E-state index contributed by atoms with van der Waals surface area (Å²) in [4.78, 5) is 12.5. The second-order valence-electron chi connectivity index (χ2n) is 5.48. The molecule has 23 heavy (non-hydrogen) atoms. The van der Waals surface area contributed by atoms with Crippen LogP contribution in [-0.4, -0.2) is 18.2 Å². The average Bonchev–Trinajstić information content (AvgIpc) is 2.56. The van der Waals surface area contributed by atoms with Crippen LogP contribution in [-0.2, 0) is 17.6 Å². The van der Waals surface area contributed by atoms with Crippen LogP contribution >= 0.6 is 24.2 Å². The molecule has 2 aromatic carbocycles. The number of nitrogens with two attached hydrogens (primary N) is 1. The van der Waals surface area contributed by atoms with Gasteiger partial charge in [-0.05, 0) is 47.4 Å². The van der Waals surface area contributed by atoms with Gasteiger partial charge < -0.3 is 11.1 Å². The zero-order valence-corrected chi connectivity index (χ0v) is 14.5. The lowest BCUT2D eigenvalue weighted by Gasteiger charge is -2.24. The van der Waals surface area contributed by atoms with Crippen molar-refractivity contribution in [2.75, 3.05) is 18.0 Å². The summed E-state index contributed by atoms with van der Waals surface area (Å²) in [6.45, 7) is 0.655. The van der Waals surface area contributed by atoms with Gasteiger partial charge in [-0.15, -0.1) is 24.2 Å². The SMILES string of the molecule is Cl.Nc1ccc(CCNC(=O)C2SCCc3ccccc32)cc1. The molecule has 1 heterocycles. The fraction of sp³-hybridized carbons (Fsp3) is 0.278. The number of nitrogen functional groups attached to an aromatic ring is 1. The smallest absolute Gasteiger partial charge is 0.237 e. The molecule has 1 aliphatic heterocycles. The maximum absolute atomic E-state index is 12.5. The van der Waals surface area contributed by atoms with E-state index in [0.29, 0.717) is 6.54 Å². The van der Waals surface area contributed by atoms with Crippen molar-refractivity contribution in [1.82, 2.24) is 5.32 Å². The molecule has 122 valence electrons. The Hall–Kier alpha value is -1.65. The number of benzene rings is 2. The van der Waals surface area contributed by atoms with Gasteiger partial charge in [-0.25, -0.2) is 0 Å². The van der Waals surface area contributed by atoms with Crippen LogP contribution in [0.2, 0.25) is 0 Å². The number of thioether (sulfide) groups is 1. The third-order valence-electron chi connectivity index (χ3n) is 3.92. The van der Waals surface area contributed by atoms with Gasteiger partial charge in [0.25, 0.3) is 0 Å². The molecule has 0 radical (unpaired) electrons. The van der Waals surface area contributed by atoms with Gasteiger partial charge >= 0.3 is 0 Å². The van der Waals surface area contributed by atoms with Crippen LogP contribution in [0.25, 0.3) is 0 Å². The van der Waals surface area contributed by atoms with Crippen LogP contribution in [0, 0.1) is 0 Å². The molecule has 3 N–H and O–H groups in total. The minimum Gasteiger partial charge on any atom is -0.399 e.